The van der Waals surface area contributed by atoms with Gasteiger partial charge in [0.05, 0.1) is 0 Å². The third-order valence-corrected chi connectivity index (χ3v) is 2.79. The van der Waals surface area contributed by atoms with Gasteiger partial charge in [0, 0.05) is 16.7 Å². The summed E-state index contributed by atoms with van der Waals surface area (Å²) in [6.07, 6.45) is 2.98. The van der Waals surface area contributed by atoms with E-state index in [1.54, 1.807) is 12.3 Å². The van der Waals surface area contributed by atoms with Crippen LogP contribution in [0.15, 0.2) is 33.6 Å². The number of nitrogens with one attached hydrogen (secondary N) is 1. The molecule has 6 heteroatoms. The van der Waals surface area contributed by atoms with E-state index >= 15 is 0 Å². The number of amides is 1. The Morgan fingerprint density at radius 3 is 3.00 bits per heavy atom. The molecule has 0 aliphatic carbocycles. The molecule has 5 nitrogen and oxygen atoms in total. The highest BCUT2D eigenvalue weighted by molar-refractivity contribution is 9.10. The maximum absolute atomic E-state index is 11.6. The number of aromatic nitrogens is 2. The van der Waals surface area contributed by atoms with E-state index in [0.29, 0.717) is 5.82 Å². The Morgan fingerprint density at radius 2 is 2.38 bits per heavy atom. The van der Waals surface area contributed by atoms with E-state index < -0.39 is 0 Å². The average molecular weight is 282 g/mol. The highest BCUT2D eigenvalue weighted by atomic mass is 79.9. The van der Waals surface area contributed by atoms with Gasteiger partial charge >= 0.3 is 0 Å². The van der Waals surface area contributed by atoms with Gasteiger partial charge in [-0.25, -0.2) is 4.98 Å². The van der Waals surface area contributed by atoms with Crippen LogP contribution >= 0.6 is 15.9 Å². The van der Waals surface area contributed by atoms with Crippen LogP contribution in [0.25, 0.3) is 0 Å². The molecule has 0 atom stereocenters. The van der Waals surface area contributed by atoms with Crippen molar-refractivity contribution in [2.45, 2.75) is 6.92 Å². The van der Waals surface area contributed by atoms with Crippen LogP contribution in [0.5, 0.6) is 0 Å². The smallest absolute Gasteiger partial charge is 0.278 e. The lowest BCUT2D eigenvalue weighted by Gasteiger charge is -2.03. The summed E-state index contributed by atoms with van der Waals surface area (Å²) in [6.45, 7) is 1.91. The summed E-state index contributed by atoms with van der Waals surface area (Å²) in [5, 5.41) is 6.15. The molecule has 0 aliphatic heterocycles. The number of carbonyl (C=O) groups excluding carboxylic acids is 1. The third-order valence-electron chi connectivity index (χ3n) is 1.96. The van der Waals surface area contributed by atoms with Crippen LogP contribution in [0.3, 0.4) is 0 Å². The molecule has 0 aromatic carbocycles. The molecule has 0 bridgehead atoms. The molecule has 1 N–H and O–H groups in total. The Morgan fingerprint density at radius 1 is 1.56 bits per heavy atom. The van der Waals surface area contributed by atoms with Crippen LogP contribution in [0.1, 0.15) is 16.1 Å². The third kappa shape index (κ3) is 2.27. The lowest BCUT2D eigenvalue weighted by molar-refractivity contribution is 0.101. The van der Waals surface area contributed by atoms with Gasteiger partial charge in [0.1, 0.15) is 12.1 Å². The van der Waals surface area contributed by atoms with E-state index in [4.69, 9.17) is 0 Å². The molecule has 1 amide bonds. The summed E-state index contributed by atoms with van der Waals surface area (Å²) in [5.41, 5.74) is 1.22. The Bertz CT molecular complexity index is 511. The van der Waals surface area contributed by atoms with Gasteiger partial charge in [-0.2, -0.15) is 0 Å². The molecule has 0 unspecified atom stereocenters. The Kier molecular flexibility index (Phi) is 3.00. The summed E-state index contributed by atoms with van der Waals surface area (Å²) in [6, 6.07) is 3.25. The van der Waals surface area contributed by atoms with Crippen LogP contribution in [0.4, 0.5) is 5.82 Å². The highest BCUT2D eigenvalue weighted by Gasteiger charge is 2.10. The lowest BCUT2D eigenvalue weighted by Crippen LogP contribution is -2.13. The molecule has 0 aliphatic rings. The number of hydrogen-bond acceptors (Lipinski definition) is 4. The average Bonchev–Trinajstić information content (AvgIpc) is 2.77. The molecule has 2 aromatic heterocycles. The SMILES string of the molecule is Cc1cc(NC(=O)c2ccon2)ncc1Br. The fraction of sp³-hybridized carbons (Fsp3) is 0.100. The van der Waals surface area contributed by atoms with Crippen molar-refractivity contribution in [3.05, 3.63) is 40.3 Å². The second-order valence-electron chi connectivity index (χ2n) is 3.16. The second kappa shape index (κ2) is 4.44. The summed E-state index contributed by atoms with van der Waals surface area (Å²) >= 11 is 3.33. The summed E-state index contributed by atoms with van der Waals surface area (Å²) in [5.74, 6) is 0.136. The topological polar surface area (TPSA) is 68.0 Å². The van der Waals surface area contributed by atoms with Crippen molar-refractivity contribution in [1.29, 1.82) is 0 Å². The number of aryl methyl sites for hydroxylation is 1. The first-order valence-corrected chi connectivity index (χ1v) is 5.30. The quantitative estimate of drug-likeness (QED) is 0.918. The Labute approximate surface area is 100.0 Å². The minimum atomic E-state index is -0.344. The number of halogens is 1. The van der Waals surface area contributed by atoms with Gasteiger partial charge in [-0.15, -0.1) is 0 Å². The minimum absolute atomic E-state index is 0.224. The largest absolute Gasteiger partial charge is 0.364 e. The first kappa shape index (κ1) is 10.8. The monoisotopic (exact) mass is 281 g/mol. The van der Waals surface area contributed by atoms with Crippen LogP contribution in [-0.4, -0.2) is 16.0 Å². The maximum atomic E-state index is 11.6. The number of carbonyl (C=O) groups is 1. The van der Waals surface area contributed by atoms with Crippen molar-refractivity contribution in [2.24, 2.45) is 0 Å². The van der Waals surface area contributed by atoms with Gasteiger partial charge in [-0.3, -0.25) is 4.79 Å². The summed E-state index contributed by atoms with van der Waals surface area (Å²) in [4.78, 5) is 15.6. The predicted molar refractivity (Wildman–Crippen MR) is 61.1 cm³/mol. The van der Waals surface area contributed by atoms with E-state index in [2.05, 4.69) is 35.9 Å². The number of pyridine rings is 1. The van der Waals surface area contributed by atoms with Gasteiger partial charge in [-0.05, 0) is 34.5 Å². The molecular formula is C10H8BrN3O2. The highest BCUT2D eigenvalue weighted by Crippen LogP contribution is 2.17. The zero-order valence-electron chi connectivity index (χ0n) is 8.40. The zero-order chi connectivity index (χ0) is 11.5. The maximum Gasteiger partial charge on any atom is 0.278 e. The van der Waals surface area contributed by atoms with Crippen molar-refractivity contribution in [1.82, 2.24) is 10.1 Å². The predicted octanol–water partition coefficient (Wildman–Crippen LogP) is 2.39. The van der Waals surface area contributed by atoms with E-state index in [9.17, 15) is 4.79 Å². The van der Waals surface area contributed by atoms with Crippen molar-refractivity contribution in [2.75, 3.05) is 5.32 Å². The van der Waals surface area contributed by atoms with Crippen molar-refractivity contribution >= 4 is 27.7 Å². The lowest BCUT2D eigenvalue weighted by atomic mass is 10.3. The van der Waals surface area contributed by atoms with Gasteiger partial charge in [0.25, 0.3) is 5.91 Å². The summed E-state index contributed by atoms with van der Waals surface area (Å²) < 4.78 is 5.47. The van der Waals surface area contributed by atoms with Crippen molar-refractivity contribution < 1.29 is 9.32 Å². The van der Waals surface area contributed by atoms with E-state index in [0.717, 1.165) is 10.0 Å². The second-order valence-corrected chi connectivity index (χ2v) is 4.01. The molecule has 0 radical (unpaired) electrons. The standard InChI is InChI=1S/C10H8BrN3O2/c1-6-4-9(12-5-7(6)11)13-10(15)8-2-3-16-14-8/h2-5H,1H3,(H,12,13,15). The van der Waals surface area contributed by atoms with E-state index in [-0.39, 0.29) is 11.6 Å². The van der Waals surface area contributed by atoms with Crippen LogP contribution in [0.2, 0.25) is 0 Å². The van der Waals surface area contributed by atoms with Crippen LogP contribution < -0.4 is 5.32 Å². The molecule has 16 heavy (non-hydrogen) atoms. The molecule has 2 aromatic rings. The number of hydrogen-bond donors (Lipinski definition) is 1. The minimum Gasteiger partial charge on any atom is -0.364 e. The molecule has 0 saturated heterocycles. The van der Waals surface area contributed by atoms with Crippen molar-refractivity contribution in [3.8, 4) is 0 Å². The normalized spacial score (nSPS) is 10.1. The zero-order valence-corrected chi connectivity index (χ0v) is 9.98. The molecular weight excluding hydrogens is 274 g/mol. The first-order valence-electron chi connectivity index (χ1n) is 4.50. The Hall–Kier alpha value is -1.69. The van der Waals surface area contributed by atoms with Gasteiger partial charge in [-0.1, -0.05) is 5.16 Å². The summed E-state index contributed by atoms with van der Waals surface area (Å²) in [7, 11) is 0. The number of rotatable bonds is 2. The molecule has 0 spiro atoms. The number of anilines is 1. The van der Waals surface area contributed by atoms with E-state index in [1.807, 2.05) is 6.92 Å². The van der Waals surface area contributed by atoms with Gasteiger partial charge in [0.2, 0.25) is 0 Å². The molecule has 82 valence electrons. The first-order chi connectivity index (χ1) is 7.66. The van der Waals surface area contributed by atoms with Gasteiger partial charge in [0.15, 0.2) is 5.69 Å². The molecule has 2 rings (SSSR count). The molecule has 0 saturated carbocycles. The fourth-order valence-electron chi connectivity index (χ4n) is 1.12. The van der Waals surface area contributed by atoms with Crippen LogP contribution in [0, 0.1) is 6.92 Å². The fourth-order valence-corrected chi connectivity index (χ4v) is 1.33. The van der Waals surface area contributed by atoms with Crippen LogP contribution in [-0.2, 0) is 0 Å². The van der Waals surface area contributed by atoms with Gasteiger partial charge < -0.3 is 9.84 Å². The molecule has 0 fully saturated rings. The molecule has 2 heterocycles. The van der Waals surface area contributed by atoms with E-state index in [1.165, 1.54) is 12.3 Å². The van der Waals surface area contributed by atoms with Crippen molar-refractivity contribution in [3.63, 3.8) is 0 Å². The Balaban J connectivity index is 2.15. The number of nitrogens with zero attached hydrogens (tertiary/aromatic N) is 2.